The Morgan fingerprint density at radius 2 is 1.81 bits per heavy atom. The molecule has 0 spiro atoms. The standard InChI is InChI=1S/C21H32N2O2.ClH/c1-17-8-9-20(15-18(17)2)25-16-21(24)23-13-4-3-7-19(23)10-14-22-11-5-6-12-22;/h8-9,15,19H,3-7,10-14,16H2,1-2H3;1H. The molecule has 2 aliphatic heterocycles. The monoisotopic (exact) mass is 380 g/mol. The molecule has 4 nitrogen and oxygen atoms in total. The molecule has 2 saturated heterocycles. The lowest BCUT2D eigenvalue weighted by atomic mass is 9.99. The number of halogens is 1. The number of piperidine rings is 1. The maximum atomic E-state index is 12.7. The van der Waals surface area contributed by atoms with E-state index in [1.54, 1.807) is 0 Å². The zero-order valence-electron chi connectivity index (χ0n) is 16.2. The molecule has 0 aromatic heterocycles. The number of nitrogens with zero attached hydrogens (tertiary/aromatic N) is 2. The van der Waals surface area contributed by atoms with E-state index in [2.05, 4.69) is 29.7 Å². The number of rotatable bonds is 6. The van der Waals surface area contributed by atoms with Crippen molar-refractivity contribution in [3.8, 4) is 5.75 Å². The summed E-state index contributed by atoms with van der Waals surface area (Å²) in [6, 6.07) is 6.42. The fourth-order valence-electron chi connectivity index (χ4n) is 4.00. The van der Waals surface area contributed by atoms with Crippen LogP contribution in [0.15, 0.2) is 18.2 Å². The van der Waals surface area contributed by atoms with Crippen molar-refractivity contribution in [3.05, 3.63) is 29.3 Å². The van der Waals surface area contributed by atoms with E-state index in [-0.39, 0.29) is 24.9 Å². The number of aryl methyl sites for hydroxylation is 2. The van der Waals surface area contributed by atoms with Gasteiger partial charge in [-0.2, -0.15) is 0 Å². The lowest BCUT2D eigenvalue weighted by Gasteiger charge is -2.36. The molecule has 5 heteroatoms. The minimum absolute atomic E-state index is 0. The molecule has 0 aliphatic carbocycles. The molecule has 1 atom stereocenters. The fourth-order valence-corrected chi connectivity index (χ4v) is 4.00. The Kier molecular flexibility index (Phi) is 8.23. The molecule has 0 saturated carbocycles. The van der Waals surface area contributed by atoms with Crippen molar-refractivity contribution >= 4 is 18.3 Å². The highest BCUT2D eigenvalue weighted by Crippen LogP contribution is 2.22. The highest BCUT2D eigenvalue weighted by Gasteiger charge is 2.27. The van der Waals surface area contributed by atoms with Crippen LogP contribution in [0.2, 0.25) is 0 Å². The molecule has 0 radical (unpaired) electrons. The first-order valence-electron chi connectivity index (χ1n) is 9.85. The van der Waals surface area contributed by atoms with Gasteiger partial charge in [-0.1, -0.05) is 6.07 Å². The average Bonchev–Trinajstić information content (AvgIpc) is 3.14. The summed E-state index contributed by atoms with van der Waals surface area (Å²) in [5.74, 6) is 0.937. The Morgan fingerprint density at radius 1 is 1.08 bits per heavy atom. The quantitative estimate of drug-likeness (QED) is 0.748. The lowest BCUT2D eigenvalue weighted by molar-refractivity contribution is -0.137. The molecule has 146 valence electrons. The minimum Gasteiger partial charge on any atom is -0.484 e. The maximum Gasteiger partial charge on any atom is 0.260 e. The fraction of sp³-hybridized carbons (Fsp3) is 0.667. The smallest absolute Gasteiger partial charge is 0.260 e. The number of carbonyl (C=O) groups excluding carboxylic acids is 1. The largest absolute Gasteiger partial charge is 0.484 e. The molecule has 26 heavy (non-hydrogen) atoms. The van der Waals surface area contributed by atoms with E-state index in [0.717, 1.165) is 38.1 Å². The van der Waals surface area contributed by atoms with Crippen LogP contribution in [-0.2, 0) is 4.79 Å². The molecule has 1 unspecified atom stereocenters. The summed E-state index contributed by atoms with van der Waals surface area (Å²) in [5, 5.41) is 0. The summed E-state index contributed by atoms with van der Waals surface area (Å²) in [5.41, 5.74) is 2.45. The van der Waals surface area contributed by atoms with Gasteiger partial charge in [-0.05, 0) is 88.7 Å². The highest BCUT2D eigenvalue weighted by atomic mass is 35.5. The first-order chi connectivity index (χ1) is 12.1. The summed E-state index contributed by atoms with van der Waals surface area (Å²) < 4.78 is 5.78. The second-order valence-corrected chi connectivity index (χ2v) is 7.61. The number of amides is 1. The van der Waals surface area contributed by atoms with Crippen LogP contribution < -0.4 is 4.74 Å². The number of benzene rings is 1. The van der Waals surface area contributed by atoms with Gasteiger partial charge in [-0.25, -0.2) is 0 Å². The normalized spacial score (nSPS) is 20.7. The van der Waals surface area contributed by atoms with E-state index in [1.165, 1.54) is 43.5 Å². The predicted octanol–water partition coefficient (Wildman–Crippen LogP) is 3.97. The minimum atomic E-state index is 0. The van der Waals surface area contributed by atoms with Crippen LogP contribution in [0.3, 0.4) is 0 Å². The van der Waals surface area contributed by atoms with E-state index in [9.17, 15) is 4.79 Å². The molecule has 1 amide bonds. The molecule has 0 bridgehead atoms. The molecular formula is C21H33ClN2O2. The van der Waals surface area contributed by atoms with Crippen LogP contribution in [-0.4, -0.2) is 54.5 Å². The van der Waals surface area contributed by atoms with Crippen LogP contribution in [0.5, 0.6) is 5.75 Å². The summed E-state index contributed by atoms with van der Waals surface area (Å²) in [6.07, 6.45) is 7.27. The van der Waals surface area contributed by atoms with E-state index in [4.69, 9.17) is 4.74 Å². The van der Waals surface area contributed by atoms with Crippen LogP contribution >= 0.6 is 12.4 Å². The van der Waals surface area contributed by atoms with Gasteiger partial charge in [0.15, 0.2) is 6.61 Å². The van der Waals surface area contributed by atoms with E-state index < -0.39 is 0 Å². The first kappa shape index (κ1) is 21.0. The van der Waals surface area contributed by atoms with Gasteiger partial charge in [0.1, 0.15) is 5.75 Å². The summed E-state index contributed by atoms with van der Waals surface area (Å²) >= 11 is 0. The molecule has 1 aromatic carbocycles. The summed E-state index contributed by atoms with van der Waals surface area (Å²) in [7, 11) is 0. The van der Waals surface area contributed by atoms with Crippen molar-refractivity contribution in [1.29, 1.82) is 0 Å². The Balaban J connectivity index is 0.00000243. The summed E-state index contributed by atoms with van der Waals surface area (Å²) in [4.78, 5) is 17.3. The topological polar surface area (TPSA) is 32.8 Å². The highest BCUT2D eigenvalue weighted by molar-refractivity contribution is 5.85. The molecule has 3 rings (SSSR count). The average molecular weight is 381 g/mol. The third-order valence-electron chi connectivity index (χ3n) is 5.77. The van der Waals surface area contributed by atoms with Crippen molar-refractivity contribution in [1.82, 2.24) is 9.80 Å². The Bertz CT molecular complexity index is 587. The lowest BCUT2D eigenvalue weighted by Crippen LogP contribution is -2.47. The van der Waals surface area contributed by atoms with Gasteiger partial charge in [0.2, 0.25) is 0 Å². The molecular weight excluding hydrogens is 348 g/mol. The number of ether oxygens (including phenoxy) is 1. The zero-order chi connectivity index (χ0) is 17.6. The molecule has 0 N–H and O–H groups in total. The first-order valence-corrected chi connectivity index (χ1v) is 9.85. The number of likely N-dealkylation sites (tertiary alicyclic amines) is 2. The second kappa shape index (κ2) is 10.2. The predicted molar refractivity (Wildman–Crippen MR) is 108 cm³/mol. The van der Waals surface area contributed by atoms with Gasteiger partial charge in [-0.3, -0.25) is 4.79 Å². The van der Waals surface area contributed by atoms with Gasteiger partial charge in [0, 0.05) is 19.1 Å². The van der Waals surface area contributed by atoms with Gasteiger partial charge in [0.05, 0.1) is 0 Å². The number of carbonyl (C=O) groups is 1. The third kappa shape index (κ3) is 5.62. The van der Waals surface area contributed by atoms with Crippen LogP contribution in [0.1, 0.15) is 49.7 Å². The van der Waals surface area contributed by atoms with Gasteiger partial charge in [-0.15, -0.1) is 12.4 Å². The molecule has 2 heterocycles. The van der Waals surface area contributed by atoms with Crippen molar-refractivity contribution in [3.63, 3.8) is 0 Å². The van der Waals surface area contributed by atoms with Crippen molar-refractivity contribution < 1.29 is 9.53 Å². The molecule has 2 aliphatic rings. The third-order valence-corrected chi connectivity index (χ3v) is 5.77. The SMILES string of the molecule is Cc1ccc(OCC(=O)N2CCCCC2CCN2CCCC2)cc1C.Cl. The second-order valence-electron chi connectivity index (χ2n) is 7.61. The maximum absolute atomic E-state index is 12.7. The zero-order valence-corrected chi connectivity index (χ0v) is 17.0. The Hall–Kier alpha value is -1.26. The van der Waals surface area contributed by atoms with Crippen LogP contribution in [0.25, 0.3) is 0 Å². The van der Waals surface area contributed by atoms with E-state index in [0.29, 0.717) is 6.04 Å². The Morgan fingerprint density at radius 3 is 2.54 bits per heavy atom. The van der Waals surface area contributed by atoms with Gasteiger partial charge >= 0.3 is 0 Å². The van der Waals surface area contributed by atoms with Gasteiger partial charge < -0.3 is 14.5 Å². The van der Waals surface area contributed by atoms with E-state index >= 15 is 0 Å². The number of hydrogen-bond acceptors (Lipinski definition) is 3. The summed E-state index contributed by atoms with van der Waals surface area (Å²) in [6.45, 7) is 8.80. The van der Waals surface area contributed by atoms with Crippen molar-refractivity contribution in [2.24, 2.45) is 0 Å². The van der Waals surface area contributed by atoms with Gasteiger partial charge in [0.25, 0.3) is 5.91 Å². The van der Waals surface area contributed by atoms with E-state index in [1.807, 2.05) is 12.1 Å². The van der Waals surface area contributed by atoms with Crippen LogP contribution in [0.4, 0.5) is 0 Å². The Labute approximate surface area is 164 Å². The van der Waals surface area contributed by atoms with Crippen molar-refractivity contribution in [2.45, 2.75) is 58.4 Å². The van der Waals surface area contributed by atoms with Crippen LogP contribution in [0, 0.1) is 13.8 Å². The van der Waals surface area contributed by atoms with Crippen molar-refractivity contribution in [2.75, 3.05) is 32.8 Å². The molecule has 1 aromatic rings. The number of hydrogen-bond donors (Lipinski definition) is 0. The molecule has 2 fully saturated rings.